The Morgan fingerprint density at radius 2 is 1.81 bits per heavy atom. The van der Waals surface area contributed by atoms with E-state index in [9.17, 15) is 8.42 Å². The highest BCUT2D eigenvalue weighted by Crippen LogP contribution is 2.17. The molecular weight excluding hydrogens is 352 g/mol. The minimum absolute atomic E-state index is 0.236. The Hall–Kier alpha value is -1.40. The lowest BCUT2D eigenvalue weighted by molar-refractivity contribution is 0.601. The summed E-state index contributed by atoms with van der Waals surface area (Å²) in [6, 6.07) is 10.3. The highest BCUT2D eigenvalue weighted by Gasteiger charge is 2.14. The molecule has 0 aliphatic rings. The molecule has 1 heterocycles. The van der Waals surface area contributed by atoms with Gasteiger partial charge >= 0.3 is 0 Å². The summed E-state index contributed by atoms with van der Waals surface area (Å²) in [6.45, 7) is 4.26. The van der Waals surface area contributed by atoms with Gasteiger partial charge in [0.25, 0.3) is 10.0 Å². The Morgan fingerprint density at radius 3 is 2.33 bits per heavy atom. The molecule has 6 heteroatoms. The zero-order valence-electron chi connectivity index (χ0n) is 11.9. The lowest BCUT2D eigenvalue weighted by Gasteiger charge is -2.09. The highest BCUT2D eigenvalue weighted by atomic mass is 79.9. The topological polar surface area (TPSA) is 59.1 Å². The number of hydrogen-bond donors (Lipinski definition) is 1. The Kier molecular flexibility index (Phi) is 5.00. The number of hydrogen-bond acceptors (Lipinski definition) is 3. The van der Waals surface area contributed by atoms with E-state index in [0.717, 1.165) is 16.5 Å². The SMILES string of the molecule is CC(C)Cc1ccc(S(=O)(=O)Nc2ccc(Br)cn2)cc1. The van der Waals surface area contributed by atoms with E-state index in [1.807, 2.05) is 12.1 Å². The molecule has 21 heavy (non-hydrogen) atoms. The molecule has 0 unspecified atom stereocenters. The minimum Gasteiger partial charge on any atom is -0.263 e. The quantitative estimate of drug-likeness (QED) is 0.871. The molecule has 0 amide bonds. The molecule has 0 aliphatic carbocycles. The number of halogens is 1. The second-order valence-electron chi connectivity index (χ2n) is 5.21. The summed E-state index contributed by atoms with van der Waals surface area (Å²) in [5, 5.41) is 0. The number of rotatable bonds is 5. The largest absolute Gasteiger partial charge is 0.263 e. The van der Waals surface area contributed by atoms with Crippen molar-refractivity contribution < 1.29 is 8.42 Å². The fraction of sp³-hybridized carbons (Fsp3) is 0.267. The van der Waals surface area contributed by atoms with Crippen LogP contribution in [-0.4, -0.2) is 13.4 Å². The minimum atomic E-state index is -3.60. The molecule has 1 aromatic carbocycles. The first-order chi connectivity index (χ1) is 9.87. The van der Waals surface area contributed by atoms with Crippen LogP contribution in [-0.2, 0) is 16.4 Å². The van der Waals surface area contributed by atoms with Gasteiger partial charge in [-0.2, -0.15) is 0 Å². The molecule has 0 radical (unpaired) electrons. The van der Waals surface area contributed by atoms with E-state index in [-0.39, 0.29) is 4.90 Å². The van der Waals surface area contributed by atoms with Crippen molar-refractivity contribution >= 4 is 31.8 Å². The Balaban J connectivity index is 2.17. The molecule has 2 rings (SSSR count). The van der Waals surface area contributed by atoms with Crippen molar-refractivity contribution in [2.45, 2.75) is 25.2 Å². The van der Waals surface area contributed by atoms with Gasteiger partial charge in [0.05, 0.1) is 4.90 Å². The fourth-order valence-corrected chi connectivity index (χ4v) is 3.15. The molecule has 0 bridgehead atoms. The van der Waals surface area contributed by atoms with Crippen molar-refractivity contribution in [3.05, 3.63) is 52.6 Å². The van der Waals surface area contributed by atoms with Crippen molar-refractivity contribution in [1.82, 2.24) is 4.98 Å². The molecule has 1 N–H and O–H groups in total. The average molecular weight is 369 g/mol. The van der Waals surface area contributed by atoms with Crippen LogP contribution < -0.4 is 4.72 Å². The van der Waals surface area contributed by atoms with E-state index < -0.39 is 10.0 Å². The van der Waals surface area contributed by atoms with Crippen LogP contribution in [0.25, 0.3) is 0 Å². The summed E-state index contributed by atoms with van der Waals surface area (Å²) >= 11 is 3.26. The Bertz CT molecular complexity index is 695. The molecule has 0 fully saturated rings. The van der Waals surface area contributed by atoms with Gasteiger partial charge < -0.3 is 0 Å². The van der Waals surface area contributed by atoms with Crippen LogP contribution in [0, 0.1) is 5.92 Å². The normalized spacial score (nSPS) is 11.6. The molecule has 112 valence electrons. The first kappa shape index (κ1) is 16.0. The van der Waals surface area contributed by atoms with Crippen LogP contribution in [0.4, 0.5) is 5.82 Å². The highest BCUT2D eigenvalue weighted by molar-refractivity contribution is 9.10. The van der Waals surface area contributed by atoms with Gasteiger partial charge in [0.15, 0.2) is 0 Å². The van der Waals surface area contributed by atoms with Crippen molar-refractivity contribution in [1.29, 1.82) is 0 Å². The van der Waals surface area contributed by atoms with Crippen molar-refractivity contribution in [2.24, 2.45) is 5.92 Å². The van der Waals surface area contributed by atoms with E-state index in [1.165, 1.54) is 0 Å². The second kappa shape index (κ2) is 6.58. The molecule has 0 spiro atoms. The van der Waals surface area contributed by atoms with Gasteiger partial charge in [-0.25, -0.2) is 13.4 Å². The molecule has 0 aliphatic heterocycles. The number of sulfonamides is 1. The van der Waals surface area contributed by atoms with Crippen LogP contribution >= 0.6 is 15.9 Å². The van der Waals surface area contributed by atoms with Crippen molar-refractivity contribution in [3.63, 3.8) is 0 Å². The third kappa shape index (κ3) is 4.54. The predicted molar refractivity (Wildman–Crippen MR) is 87.7 cm³/mol. The predicted octanol–water partition coefficient (Wildman–Crippen LogP) is 3.84. The number of benzene rings is 1. The number of pyridine rings is 1. The van der Waals surface area contributed by atoms with Crippen molar-refractivity contribution in [3.8, 4) is 0 Å². The van der Waals surface area contributed by atoms with Gasteiger partial charge in [-0.15, -0.1) is 0 Å². The fourth-order valence-electron chi connectivity index (χ4n) is 1.91. The van der Waals surface area contributed by atoms with E-state index in [4.69, 9.17) is 0 Å². The monoisotopic (exact) mass is 368 g/mol. The molecule has 0 saturated heterocycles. The average Bonchev–Trinajstić information content (AvgIpc) is 2.41. The lowest BCUT2D eigenvalue weighted by Crippen LogP contribution is -2.13. The molecule has 4 nitrogen and oxygen atoms in total. The second-order valence-corrected chi connectivity index (χ2v) is 7.81. The lowest BCUT2D eigenvalue weighted by atomic mass is 10.0. The van der Waals surface area contributed by atoms with Crippen molar-refractivity contribution in [2.75, 3.05) is 4.72 Å². The van der Waals surface area contributed by atoms with Gasteiger partial charge in [-0.1, -0.05) is 26.0 Å². The number of anilines is 1. The maximum atomic E-state index is 12.3. The van der Waals surface area contributed by atoms with E-state index >= 15 is 0 Å². The summed E-state index contributed by atoms with van der Waals surface area (Å²) in [6.07, 6.45) is 2.48. The van der Waals surface area contributed by atoms with Crippen LogP contribution in [0.5, 0.6) is 0 Å². The zero-order valence-corrected chi connectivity index (χ0v) is 14.3. The summed E-state index contributed by atoms with van der Waals surface area (Å²) in [5.74, 6) is 0.835. The zero-order chi connectivity index (χ0) is 15.5. The van der Waals surface area contributed by atoms with E-state index in [0.29, 0.717) is 11.7 Å². The number of nitrogens with zero attached hydrogens (tertiary/aromatic N) is 1. The number of aromatic nitrogens is 1. The Morgan fingerprint density at radius 1 is 1.14 bits per heavy atom. The van der Waals surface area contributed by atoms with Gasteiger partial charge in [0.1, 0.15) is 5.82 Å². The molecular formula is C15H17BrN2O2S. The smallest absolute Gasteiger partial charge is 0.263 e. The first-order valence-electron chi connectivity index (χ1n) is 6.60. The summed E-state index contributed by atoms with van der Waals surface area (Å²) in [4.78, 5) is 4.24. The summed E-state index contributed by atoms with van der Waals surface area (Å²) < 4.78 is 27.8. The molecule has 2 aromatic rings. The third-order valence-corrected chi connectivity index (χ3v) is 4.68. The molecule has 0 saturated carbocycles. The third-order valence-electron chi connectivity index (χ3n) is 2.84. The first-order valence-corrected chi connectivity index (χ1v) is 8.88. The summed E-state index contributed by atoms with van der Waals surface area (Å²) in [7, 11) is -3.60. The molecule has 1 aromatic heterocycles. The van der Waals surface area contributed by atoms with Crippen LogP contribution in [0.1, 0.15) is 19.4 Å². The van der Waals surface area contributed by atoms with Crippen LogP contribution in [0.2, 0.25) is 0 Å². The van der Waals surface area contributed by atoms with Crippen LogP contribution in [0.15, 0.2) is 52.0 Å². The maximum absolute atomic E-state index is 12.3. The van der Waals surface area contributed by atoms with E-state index in [2.05, 4.69) is 39.5 Å². The van der Waals surface area contributed by atoms with E-state index in [1.54, 1.807) is 30.5 Å². The van der Waals surface area contributed by atoms with Gasteiger partial charge in [0, 0.05) is 10.7 Å². The summed E-state index contributed by atoms with van der Waals surface area (Å²) in [5.41, 5.74) is 1.13. The van der Waals surface area contributed by atoms with Gasteiger partial charge in [-0.05, 0) is 58.1 Å². The van der Waals surface area contributed by atoms with Gasteiger partial charge in [0.2, 0.25) is 0 Å². The Labute approximate surface area is 133 Å². The number of nitrogens with one attached hydrogen (secondary N) is 1. The standard InChI is InChI=1S/C15H17BrN2O2S/c1-11(2)9-12-3-6-14(7-4-12)21(19,20)18-15-8-5-13(16)10-17-15/h3-8,10-11H,9H2,1-2H3,(H,17,18). The molecule has 0 atom stereocenters. The maximum Gasteiger partial charge on any atom is 0.263 e. The van der Waals surface area contributed by atoms with Gasteiger partial charge in [-0.3, -0.25) is 4.72 Å². The van der Waals surface area contributed by atoms with Crippen LogP contribution in [0.3, 0.4) is 0 Å².